The lowest BCUT2D eigenvalue weighted by Gasteiger charge is -2.53. The number of aromatic nitrogens is 3. The lowest BCUT2D eigenvalue weighted by Crippen LogP contribution is -2.60. The number of likely N-dealkylation sites (tertiary alicyclic amines) is 2. The Hall–Kier alpha value is -4.00. The predicted molar refractivity (Wildman–Crippen MR) is 128 cm³/mol. The van der Waals surface area contributed by atoms with Gasteiger partial charge in [0.05, 0.1) is 17.5 Å². The first-order valence-electron chi connectivity index (χ1n) is 11.7. The molecule has 0 unspecified atom stereocenters. The Balaban J connectivity index is 1.21. The third-order valence-corrected chi connectivity index (χ3v) is 7.10. The highest BCUT2D eigenvalue weighted by Crippen LogP contribution is 2.48. The van der Waals surface area contributed by atoms with E-state index in [0.29, 0.717) is 24.1 Å². The fourth-order valence-electron chi connectivity index (χ4n) is 5.39. The van der Waals surface area contributed by atoms with Crippen LogP contribution in [0.5, 0.6) is 0 Å². The molecule has 3 heterocycles. The number of carbonyl (C=O) groups is 2. The topological polar surface area (TPSA) is 71.3 Å². The maximum absolute atomic E-state index is 13.4. The molecule has 2 amide bonds. The van der Waals surface area contributed by atoms with Crippen LogP contribution in [-0.4, -0.2) is 55.9 Å². The van der Waals surface area contributed by atoms with Gasteiger partial charge in [0, 0.05) is 19.1 Å². The van der Waals surface area contributed by atoms with Crippen molar-refractivity contribution >= 4 is 23.0 Å². The summed E-state index contributed by atoms with van der Waals surface area (Å²) in [6.07, 6.45) is 1.49. The molecule has 34 heavy (non-hydrogen) atoms. The number of benzene rings is 3. The van der Waals surface area contributed by atoms with Crippen LogP contribution >= 0.6 is 0 Å². The first-order valence-corrected chi connectivity index (χ1v) is 11.7. The number of piperidine rings is 1. The Labute approximate surface area is 197 Å². The minimum absolute atomic E-state index is 0.0163. The number of rotatable bonds is 3. The quantitative estimate of drug-likeness (QED) is 0.437. The molecule has 2 saturated heterocycles. The first kappa shape index (κ1) is 20.6. The standard InChI is InChI=1S/C27H25N5O2/c33-26-24(19-9-3-1-4-10-19)25(20-11-5-2-6-12-20)31(26)21-15-17-30(18-16-21)27(34)32-23-14-8-7-13-22(23)28-29-32/h1-14,21,24-25H,15-18H2/t24-,25-/m1/s1. The van der Waals surface area contributed by atoms with Gasteiger partial charge < -0.3 is 9.80 Å². The molecule has 3 aromatic carbocycles. The monoisotopic (exact) mass is 451 g/mol. The maximum atomic E-state index is 13.4. The van der Waals surface area contributed by atoms with Gasteiger partial charge in [0.25, 0.3) is 0 Å². The van der Waals surface area contributed by atoms with Gasteiger partial charge in [-0.3, -0.25) is 4.79 Å². The van der Waals surface area contributed by atoms with Crippen LogP contribution in [0.4, 0.5) is 4.79 Å². The zero-order valence-electron chi connectivity index (χ0n) is 18.7. The molecule has 1 aromatic heterocycles. The molecule has 2 fully saturated rings. The highest BCUT2D eigenvalue weighted by atomic mass is 16.2. The Morgan fingerprint density at radius 2 is 1.41 bits per heavy atom. The van der Waals surface area contributed by atoms with E-state index in [1.54, 1.807) is 0 Å². The van der Waals surface area contributed by atoms with Gasteiger partial charge in [-0.25, -0.2) is 4.79 Å². The predicted octanol–water partition coefficient (Wildman–Crippen LogP) is 4.23. The molecule has 7 nitrogen and oxygen atoms in total. The van der Waals surface area contributed by atoms with E-state index in [1.807, 2.05) is 77.7 Å². The van der Waals surface area contributed by atoms with Gasteiger partial charge in [-0.2, -0.15) is 4.68 Å². The highest BCUT2D eigenvalue weighted by molar-refractivity contribution is 5.92. The summed E-state index contributed by atoms with van der Waals surface area (Å²) in [5.74, 6) is 0.0110. The van der Waals surface area contributed by atoms with Gasteiger partial charge in [-0.1, -0.05) is 78.0 Å². The summed E-state index contributed by atoms with van der Waals surface area (Å²) in [5.41, 5.74) is 3.63. The minimum Gasteiger partial charge on any atom is -0.331 e. The van der Waals surface area contributed by atoms with Crippen molar-refractivity contribution in [3.05, 3.63) is 96.1 Å². The average Bonchev–Trinajstić information content (AvgIpc) is 3.33. The number of para-hydroxylation sites is 1. The third-order valence-electron chi connectivity index (χ3n) is 7.10. The van der Waals surface area contributed by atoms with E-state index in [9.17, 15) is 9.59 Å². The molecule has 2 atom stereocenters. The summed E-state index contributed by atoms with van der Waals surface area (Å²) in [4.78, 5) is 30.4. The minimum atomic E-state index is -0.163. The second-order valence-electron chi connectivity index (χ2n) is 8.98. The fraction of sp³-hybridized carbons (Fsp3) is 0.259. The van der Waals surface area contributed by atoms with E-state index in [-0.39, 0.29) is 29.9 Å². The van der Waals surface area contributed by atoms with Gasteiger partial charge in [-0.05, 0) is 36.1 Å². The van der Waals surface area contributed by atoms with Crippen LogP contribution < -0.4 is 0 Å². The third kappa shape index (κ3) is 3.36. The zero-order chi connectivity index (χ0) is 23.1. The van der Waals surface area contributed by atoms with Crippen molar-refractivity contribution in [3.8, 4) is 0 Å². The van der Waals surface area contributed by atoms with E-state index in [2.05, 4.69) is 27.3 Å². The molecule has 2 aliphatic rings. The zero-order valence-corrected chi connectivity index (χ0v) is 18.7. The second-order valence-corrected chi connectivity index (χ2v) is 8.98. The molecule has 7 heteroatoms. The van der Waals surface area contributed by atoms with Crippen LogP contribution in [0.2, 0.25) is 0 Å². The van der Waals surface area contributed by atoms with Crippen molar-refractivity contribution in [3.63, 3.8) is 0 Å². The van der Waals surface area contributed by atoms with Crippen molar-refractivity contribution in [2.45, 2.75) is 30.8 Å². The number of carbonyl (C=O) groups excluding carboxylic acids is 2. The molecule has 0 spiro atoms. The van der Waals surface area contributed by atoms with Crippen molar-refractivity contribution in [1.82, 2.24) is 24.8 Å². The number of hydrogen-bond donors (Lipinski definition) is 0. The van der Waals surface area contributed by atoms with Crippen LogP contribution in [0.15, 0.2) is 84.9 Å². The normalized spacial score (nSPS) is 21.0. The lowest BCUT2D eigenvalue weighted by molar-refractivity contribution is -0.156. The molecule has 0 N–H and O–H groups in total. The summed E-state index contributed by atoms with van der Waals surface area (Å²) < 4.78 is 1.38. The van der Waals surface area contributed by atoms with Crippen molar-refractivity contribution in [2.75, 3.05) is 13.1 Å². The highest BCUT2D eigenvalue weighted by Gasteiger charge is 2.51. The molecule has 0 bridgehead atoms. The average molecular weight is 452 g/mol. The molecule has 2 aliphatic heterocycles. The molecule has 4 aromatic rings. The molecule has 0 radical (unpaired) electrons. The number of amides is 2. The number of hydrogen-bond acceptors (Lipinski definition) is 4. The van der Waals surface area contributed by atoms with Crippen LogP contribution in [-0.2, 0) is 4.79 Å². The number of nitrogens with zero attached hydrogens (tertiary/aromatic N) is 5. The summed E-state index contributed by atoms with van der Waals surface area (Å²) in [5, 5.41) is 8.17. The van der Waals surface area contributed by atoms with E-state index in [0.717, 1.165) is 24.0 Å². The fourth-order valence-corrected chi connectivity index (χ4v) is 5.39. The second kappa shape index (κ2) is 8.41. The van der Waals surface area contributed by atoms with Gasteiger partial charge in [-0.15, -0.1) is 5.10 Å². The van der Waals surface area contributed by atoms with Gasteiger partial charge >= 0.3 is 6.03 Å². The van der Waals surface area contributed by atoms with Gasteiger partial charge in [0.2, 0.25) is 5.91 Å². The summed E-state index contributed by atoms with van der Waals surface area (Å²) in [7, 11) is 0. The summed E-state index contributed by atoms with van der Waals surface area (Å²) in [6.45, 7) is 1.16. The molecule has 170 valence electrons. The summed E-state index contributed by atoms with van der Waals surface area (Å²) >= 11 is 0. The number of β-lactam (4-membered cyclic amide) rings is 1. The van der Waals surface area contributed by atoms with E-state index < -0.39 is 0 Å². The van der Waals surface area contributed by atoms with Crippen LogP contribution in [0.25, 0.3) is 11.0 Å². The van der Waals surface area contributed by atoms with Crippen molar-refractivity contribution < 1.29 is 9.59 Å². The van der Waals surface area contributed by atoms with Crippen LogP contribution in [0.3, 0.4) is 0 Å². The Morgan fingerprint density at radius 3 is 2.12 bits per heavy atom. The van der Waals surface area contributed by atoms with Gasteiger partial charge in [0.15, 0.2) is 0 Å². The molecule has 0 saturated carbocycles. The smallest absolute Gasteiger partial charge is 0.331 e. The molecule has 6 rings (SSSR count). The van der Waals surface area contributed by atoms with E-state index >= 15 is 0 Å². The van der Waals surface area contributed by atoms with Crippen LogP contribution in [0, 0.1) is 0 Å². The molecular weight excluding hydrogens is 426 g/mol. The Bertz CT molecular complexity index is 1330. The van der Waals surface area contributed by atoms with Crippen LogP contribution in [0.1, 0.15) is 35.9 Å². The van der Waals surface area contributed by atoms with E-state index in [4.69, 9.17) is 0 Å². The molecule has 0 aliphatic carbocycles. The van der Waals surface area contributed by atoms with E-state index in [1.165, 1.54) is 4.68 Å². The maximum Gasteiger partial charge on any atom is 0.346 e. The van der Waals surface area contributed by atoms with Gasteiger partial charge in [0.1, 0.15) is 5.52 Å². The Kier molecular flexibility index (Phi) is 5.09. The number of fused-ring (bicyclic) bond motifs is 1. The largest absolute Gasteiger partial charge is 0.346 e. The Morgan fingerprint density at radius 1 is 0.794 bits per heavy atom. The van der Waals surface area contributed by atoms with Crippen molar-refractivity contribution in [2.24, 2.45) is 0 Å². The SMILES string of the molecule is O=C1[C@H](c2ccccc2)[C@@H](c2ccccc2)N1C1CCN(C(=O)n2nnc3ccccc32)CC1. The summed E-state index contributed by atoms with van der Waals surface area (Å²) in [6, 6.07) is 27.7. The first-order chi connectivity index (χ1) is 16.7. The molecular formula is C27H25N5O2. The van der Waals surface area contributed by atoms with Crippen molar-refractivity contribution in [1.29, 1.82) is 0 Å². The lowest BCUT2D eigenvalue weighted by atomic mass is 9.76.